The second-order valence-corrected chi connectivity index (χ2v) is 64.2. The molecule has 860 valence electrons. The van der Waals surface area contributed by atoms with Gasteiger partial charge in [-0.15, -0.1) is 0 Å². The smallest absolute Gasteiger partial charge is 0.0883 e. The minimum atomic E-state index is -0.602. The molecule has 0 aliphatic heterocycles. The van der Waals surface area contributed by atoms with Gasteiger partial charge in [0.25, 0.3) is 0 Å². The summed E-state index contributed by atoms with van der Waals surface area (Å²) in [5, 5.41) is 109. The van der Waals surface area contributed by atoms with E-state index in [0.717, 1.165) is 229 Å². The number of hydrogen-bond acceptors (Lipinski definition) is 11. The summed E-state index contributed by atoms with van der Waals surface area (Å²) in [6, 6.07) is 0. The molecule has 18 saturated carbocycles. The van der Waals surface area contributed by atoms with E-state index in [0.29, 0.717) is 150 Å². The molecule has 0 heterocycles. The molecule has 0 aromatic carbocycles. The Bertz CT molecular complexity index is 4410. The number of rotatable bonds is 25. The molecular formula is C138H242O11. The number of hydrogen-bond donors (Lipinski definition) is 10. The zero-order valence-electron chi connectivity index (χ0n) is 102. The molecule has 0 aromatic rings. The van der Waals surface area contributed by atoms with Gasteiger partial charge in [-0.05, 0) is 578 Å². The Hall–Kier alpha value is -0.960. The van der Waals surface area contributed by atoms with Gasteiger partial charge in [-0.1, -0.05) is 217 Å². The fourth-order valence-electron chi connectivity index (χ4n) is 45.9. The SMILES string of the molecule is CC(C)CC[C@@H](O)[C@@H](C)[C@H]1CC[C@H]2[C@@H]3CC[C@@H]4C[C@@](C)(O)CC[C@]4(C)[C@H]3CC[C@]12C.CCC[C@H](O)[C@@H](C)[C@H]1CC[C@H]2[C@@H]3CC=C4C[C@](O)(CC)CC[C@]4(C)[C@H]3CC[C@]12C.CC[C@]1(O)CC[C@@]2(C)C(=CC[C@H]3[C@@H]4CC[C@H]([C@H](C)[C@@H](O)C(C)C)[C@@]4(C)CC[C@@H]32)C1.CC[C@]1(O)CC[C@@]2(C)[C@@H](CC[C@@H]3[C@@H]2CC[C@]2(C)[C@@H]([C@H](C)[C@H](O)C(C)C)CC[C@@H]32)C1.COC[C@]1(O)CC[C@@]2(C)[C@@H](CC[C@@H]3[C@@H]2CC[C@]2(C)[C@@H]([C@H](C)[C@@H](O)CCC(C)C)CC[C@@H]32)C1. The van der Waals surface area contributed by atoms with Crippen molar-refractivity contribution in [2.24, 2.45) is 244 Å². The summed E-state index contributed by atoms with van der Waals surface area (Å²) in [4.78, 5) is 0. The van der Waals surface area contributed by atoms with E-state index in [2.05, 4.69) is 206 Å². The highest BCUT2D eigenvalue weighted by molar-refractivity contribution is 5.30. The van der Waals surface area contributed by atoms with Crippen LogP contribution in [0.1, 0.15) is 528 Å². The van der Waals surface area contributed by atoms with Gasteiger partial charge in [-0.3, -0.25) is 0 Å². The van der Waals surface area contributed by atoms with Crippen LogP contribution >= 0.6 is 0 Å². The minimum absolute atomic E-state index is 0.125. The van der Waals surface area contributed by atoms with Crippen LogP contribution < -0.4 is 0 Å². The lowest BCUT2D eigenvalue weighted by Gasteiger charge is -2.62. The second kappa shape index (κ2) is 45.7. The number of aliphatic hydroxyl groups excluding tert-OH is 5. The maximum atomic E-state index is 11.1. The third kappa shape index (κ3) is 22.2. The number of fused-ring (bicyclic) bond motifs is 25. The first kappa shape index (κ1) is 120. The fraction of sp³-hybridized carbons (Fsp3) is 0.971. The molecule has 0 unspecified atom stereocenters. The first-order valence-electron chi connectivity index (χ1n) is 65.7. The fourth-order valence-corrected chi connectivity index (χ4v) is 45.9. The number of allylic oxidation sites excluding steroid dienone is 2. The van der Waals surface area contributed by atoms with E-state index in [-0.39, 0.29) is 36.1 Å². The van der Waals surface area contributed by atoms with E-state index in [1.807, 2.05) is 0 Å². The molecule has 0 saturated heterocycles. The minimum Gasteiger partial charge on any atom is -0.393 e. The third-order valence-corrected chi connectivity index (χ3v) is 56.0. The highest BCUT2D eigenvalue weighted by atomic mass is 16.5. The van der Waals surface area contributed by atoms with E-state index in [1.54, 1.807) is 18.3 Å². The van der Waals surface area contributed by atoms with Crippen LogP contribution in [0.3, 0.4) is 0 Å². The monoisotopic (exact) mass is 2080 g/mol. The van der Waals surface area contributed by atoms with E-state index < -0.39 is 22.4 Å². The van der Waals surface area contributed by atoms with E-state index in [4.69, 9.17) is 4.74 Å². The molecule has 149 heavy (non-hydrogen) atoms. The Morgan fingerprint density at radius 1 is 0.275 bits per heavy atom. The van der Waals surface area contributed by atoms with E-state index >= 15 is 0 Å². The summed E-state index contributed by atoms with van der Waals surface area (Å²) >= 11 is 0. The Morgan fingerprint density at radius 3 is 0.872 bits per heavy atom. The van der Waals surface area contributed by atoms with Crippen molar-refractivity contribution in [3.63, 3.8) is 0 Å². The summed E-state index contributed by atoms with van der Waals surface area (Å²) in [5.41, 5.74) is 4.84. The molecule has 20 rings (SSSR count). The summed E-state index contributed by atoms with van der Waals surface area (Å²) < 4.78 is 5.39. The van der Waals surface area contributed by atoms with Gasteiger partial charge in [-0.25, -0.2) is 0 Å². The van der Waals surface area contributed by atoms with Crippen molar-refractivity contribution < 1.29 is 55.8 Å². The predicted molar refractivity (Wildman–Crippen MR) is 618 cm³/mol. The van der Waals surface area contributed by atoms with E-state index in [9.17, 15) is 51.1 Å². The first-order valence-corrected chi connectivity index (χ1v) is 65.7. The molecule has 0 amide bonds. The van der Waals surface area contributed by atoms with Gasteiger partial charge >= 0.3 is 0 Å². The normalized spacial score (nSPS) is 49.6. The van der Waals surface area contributed by atoms with Crippen LogP contribution in [0, 0.1) is 244 Å². The molecule has 20 aliphatic carbocycles. The van der Waals surface area contributed by atoms with Crippen molar-refractivity contribution in [3.05, 3.63) is 23.3 Å². The van der Waals surface area contributed by atoms with Crippen LogP contribution in [-0.2, 0) is 4.74 Å². The lowest BCUT2D eigenvalue weighted by atomic mass is 9.43. The molecule has 11 nitrogen and oxygen atoms in total. The average Bonchev–Trinajstić information content (AvgIpc) is 1.68. The van der Waals surface area contributed by atoms with Crippen LogP contribution in [0.5, 0.6) is 0 Å². The second-order valence-electron chi connectivity index (χ2n) is 64.2. The summed E-state index contributed by atoms with van der Waals surface area (Å²) in [6.45, 7) is 66.5. The van der Waals surface area contributed by atoms with Crippen LogP contribution in [0.2, 0.25) is 0 Å². The van der Waals surface area contributed by atoms with Crippen molar-refractivity contribution in [1.82, 2.24) is 0 Å². The molecule has 18 fully saturated rings. The number of methoxy groups -OCH3 is 1. The van der Waals surface area contributed by atoms with Crippen LogP contribution in [-0.4, -0.2) is 123 Å². The van der Waals surface area contributed by atoms with E-state index in [1.165, 1.54) is 205 Å². The zero-order valence-corrected chi connectivity index (χ0v) is 102. The van der Waals surface area contributed by atoms with Crippen molar-refractivity contribution in [1.29, 1.82) is 0 Å². The molecule has 10 N–H and O–H groups in total. The van der Waals surface area contributed by atoms with Gasteiger partial charge in [0.1, 0.15) is 0 Å². The quantitative estimate of drug-likeness (QED) is 0.0389. The largest absolute Gasteiger partial charge is 0.393 e. The topological polar surface area (TPSA) is 212 Å². The first-order chi connectivity index (χ1) is 69.8. The van der Waals surface area contributed by atoms with Gasteiger partial charge in [0.2, 0.25) is 0 Å². The lowest BCUT2D eigenvalue weighted by molar-refractivity contribution is -0.164. The summed E-state index contributed by atoms with van der Waals surface area (Å²) in [6.07, 6.45) is 66.6. The van der Waals surface area contributed by atoms with Gasteiger partial charge in [-0.2, -0.15) is 0 Å². The zero-order chi connectivity index (χ0) is 109. The van der Waals surface area contributed by atoms with Gasteiger partial charge in [0, 0.05) is 7.11 Å². The number of aliphatic hydroxyl groups is 10. The summed E-state index contributed by atoms with van der Waals surface area (Å²) in [5.74, 6) is 22.3. The highest BCUT2D eigenvalue weighted by Gasteiger charge is 2.70. The molecule has 0 radical (unpaired) electrons. The maximum absolute atomic E-state index is 11.1. The Labute approximate surface area is 916 Å². The van der Waals surface area contributed by atoms with Crippen molar-refractivity contribution in [2.45, 2.75) is 586 Å². The van der Waals surface area contributed by atoms with Crippen LogP contribution in [0.4, 0.5) is 0 Å². The van der Waals surface area contributed by atoms with Crippen LogP contribution in [0.15, 0.2) is 23.3 Å². The predicted octanol–water partition coefficient (Wildman–Crippen LogP) is 32.6. The molecule has 0 spiro atoms. The molecule has 20 aliphatic rings. The Morgan fingerprint density at radius 2 is 0.557 bits per heavy atom. The van der Waals surface area contributed by atoms with Crippen molar-refractivity contribution in [3.8, 4) is 0 Å². The molecule has 0 bridgehead atoms. The third-order valence-electron chi connectivity index (χ3n) is 56.0. The Balaban J connectivity index is 0.000000133. The standard InChI is InChI=1S/C29H52O3.C28H50O2.C27H48O2.2C27H46O2/c1-19(2)7-12-26(30)20(3)23-10-11-24-22-9-8-21-17-29(31,18-32-6)16-15-27(21,4)25(22)13-14-28(23,24)5;1-18(2)7-12-25(29)19(3)22-10-11-23-21-9-8-20-17-26(4,30)15-16-27(20,5)24(21)13-14-28(22,23)6;2*1-7-27(29)15-14-25(5)19(16-27)8-9-20-22-11-10-21(18(4)24(28)17(2)3)26(22,6)13-12-23(20)25;1-6-8-24(28)18(3)21-11-12-22-20-10-9-19-17-27(29,7-2)16-15-25(19,4)23(20)13-14-26(21,22)5/h19-26,30-31H,7-18H2,1-6H3;18-25,29-30H,7-17H2,1-6H3;17-24,28-29H,7-16H2,1-6H3;8,17-18,20-24,28-29H,7,9-16H2,1-6H3;9,18,20-24,28-29H,6-8,10-17H2,1-5H3/t20-,21-,22-,23+,24-,25-,26-,27-,28+,29-;19-,20+,21-,22+,23-,24-,25+,26-,27-,28+;18-,19-,20-,21+,22-,23-,24+,25-,26+,27-;2*18-,20-,21+,22-,23-,24-,25-,26+,27-/m00000/s1. The van der Waals surface area contributed by atoms with Crippen LogP contribution in [0.25, 0.3) is 0 Å². The van der Waals surface area contributed by atoms with Gasteiger partial charge in [0.15, 0.2) is 0 Å². The lowest BCUT2D eigenvalue weighted by Crippen LogP contribution is -2.57. The number of ether oxygens (including phenoxy) is 1. The average molecular weight is 2080 g/mol. The van der Waals surface area contributed by atoms with Crippen molar-refractivity contribution >= 4 is 0 Å². The molecular weight excluding hydrogens is 1830 g/mol. The molecule has 11 heteroatoms. The Kier molecular flexibility index (Phi) is 36.9. The van der Waals surface area contributed by atoms with Crippen molar-refractivity contribution in [2.75, 3.05) is 13.7 Å². The van der Waals surface area contributed by atoms with Gasteiger partial charge in [0.05, 0.1) is 65.1 Å². The maximum Gasteiger partial charge on any atom is 0.0883 e. The van der Waals surface area contributed by atoms with Gasteiger partial charge < -0.3 is 55.8 Å². The summed E-state index contributed by atoms with van der Waals surface area (Å²) in [7, 11) is 1.72. The highest BCUT2D eigenvalue weighted by Crippen LogP contribution is 2.77. The molecule has 48 atom stereocenters. The molecule has 0 aromatic heterocycles.